The van der Waals surface area contributed by atoms with Crippen LogP contribution in [0, 0.1) is 0 Å². The Morgan fingerprint density at radius 3 is 2.71 bits per heavy atom. The van der Waals surface area contributed by atoms with Gasteiger partial charge in [0.25, 0.3) is 5.91 Å². The van der Waals surface area contributed by atoms with Gasteiger partial charge in [0.15, 0.2) is 11.2 Å². The number of hydrogen-bond donors (Lipinski definition) is 1. The number of ether oxygens (including phenoxy) is 2. The topological polar surface area (TPSA) is 54.0 Å². The van der Waals surface area contributed by atoms with Gasteiger partial charge < -0.3 is 24.6 Å². The second-order valence-electron chi connectivity index (χ2n) is 6.35. The van der Waals surface area contributed by atoms with E-state index in [1.807, 2.05) is 34.1 Å². The number of nitrogens with one attached hydrogen (secondary N) is 1. The standard InChI is InChI=1S/C17H21N3O3S/c21-16(19-7-9-22-10-8-19)15-11-20(17(24)18-12-5-6-12)13-3-1-2-4-14(13)23-15/h1-4,12,15H,5-11H2,(H,18,24)/t15-/m1/s1. The van der Waals surface area contributed by atoms with Crippen molar-refractivity contribution in [3.05, 3.63) is 24.3 Å². The second kappa shape index (κ2) is 6.57. The summed E-state index contributed by atoms with van der Waals surface area (Å²) >= 11 is 5.58. The Hall–Kier alpha value is -1.86. The van der Waals surface area contributed by atoms with Gasteiger partial charge in [0, 0.05) is 19.1 Å². The number of amides is 1. The predicted octanol–water partition coefficient (Wildman–Crippen LogP) is 1.15. The molecular weight excluding hydrogens is 326 g/mol. The van der Waals surface area contributed by atoms with Crippen LogP contribution in [0.4, 0.5) is 5.69 Å². The molecule has 1 atom stereocenters. The Bertz CT molecular complexity index is 644. The fraction of sp³-hybridized carbons (Fsp3) is 0.529. The summed E-state index contributed by atoms with van der Waals surface area (Å²) in [7, 11) is 0. The fourth-order valence-corrected chi connectivity index (χ4v) is 3.36. The van der Waals surface area contributed by atoms with E-state index in [2.05, 4.69) is 5.32 Å². The van der Waals surface area contributed by atoms with E-state index in [1.165, 1.54) is 0 Å². The van der Waals surface area contributed by atoms with Gasteiger partial charge in [-0.1, -0.05) is 12.1 Å². The zero-order chi connectivity index (χ0) is 16.5. The van der Waals surface area contributed by atoms with Crippen LogP contribution in [0.25, 0.3) is 0 Å². The summed E-state index contributed by atoms with van der Waals surface area (Å²) in [5.41, 5.74) is 0.918. The number of carbonyl (C=O) groups excluding carboxylic acids is 1. The van der Waals surface area contributed by atoms with Crippen molar-refractivity contribution in [2.24, 2.45) is 0 Å². The number of fused-ring (bicyclic) bond motifs is 1. The lowest BCUT2D eigenvalue weighted by atomic mass is 10.1. The summed E-state index contributed by atoms with van der Waals surface area (Å²) in [6.45, 7) is 2.84. The second-order valence-corrected chi connectivity index (χ2v) is 6.73. The van der Waals surface area contributed by atoms with Gasteiger partial charge in [-0.15, -0.1) is 0 Å². The molecule has 4 rings (SSSR count). The molecule has 1 saturated heterocycles. The van der Waals surface area contributed by atoms with Crippen molar-refractivity contribution in [3.8, 4) is 5.75 Å². The van der Waals surface area contributed by atoms with E-state index < -0.39 is 6.10 Å². The van der Waals surface area contributed by atoms with E-state index in [1.54, 1.807) is 0 Å². The van der Waals surface area contributed by atoms with Crippen molar-refractivity contribution in [1.29, 1.82) is 0 Å². The van der Waals surface area contributed by atoms with Crippen molar-refractivity contribution < 1.29 is 14.3 Å². The lowest BCUT2D eigenvalue weighted by Crippen LogP contribution is -2.55. The summed E-state index contributed by atoms with van der Waals surface area (Å²) in [5, 5.41) is 4.03. The van der Waals surface area contributed by atoms with E-state index in [-0.39, 0.29) is 5.91 Å². The third-order valence-corrected chi connectivity index (χ3v) is 4.86. The molecule has 1 amide bonds. The first-order chi connectivity index (χ1) is 11.7. The molecule has 0 aromatic heterocycles. The molecule has 0 radical (unpaired) electrons. The SMILES string of the molecule is O=C([C@H]1CN(C(=S)NC2CC2)c2ccccc2O1)N1CCOCC1. The van der Waals surface area contributed by atoms with Gasteiger partial charge in [0.2, 0.25) is 0 Å². The molecule has 3 aliphatic rings. The Balaban J connectivity index is 1.54. The first-order valence-electron chi connectivity index (χ1n) is 8.42. The van der Waals surface area contributed by atoms with Crippen LogP contribution in [-0.4, -0.2) is 60.9 Å². The van der Waals surface area contributed by atoms with Gasteiger partial charge >= 0.3 is 0 Å². The molecular formula is C17H21N3O3S. The number of carbonyl (C=O) groups is 1. The molecule has 1 aliphatic carbocycles. The number of morpholine rings is 1. The van der Waals surface area contributed by atoms with Crippen molar-refractivity contribution in [2.75, 3.05) is 37.7 Å². The largest absolute Gasteiger partial charge is 0.476 e. The molecule has 1 aromatic carbocycles. The highest BCUT2D eigenvalue weighted by Gasteiger charge is 2.36. The van der Waals surface area contributed by atoms with Crippen LogP contribution in [0.5, 0.6) is 5.75 Å². The summed E-state index contributed by atoms with van der Waals surface area (Å²) in [4.78, 5) is 16.6. The minimum atomic E-state index is -0.544. The minimum absolute atomic E-state index is 0.00650. The third-order valence-electron chi connectivity index (χ3n) is 4.52. The molecule has 1 saturated carbocycles. The number of anilines is 1. The monoisotopic (exact) mass is 347 g/mol. The van der Waals surface area contributed by atoms with Gasteiger partial charge in [-0.2, -0.15) is 0 Å². The number of hydrogen-bond acceptors (Lipinski definition) is 4. The van der Waals surface area contributed by atoms with Gasteiger partial charge in [-0.25, -0.2) is 0 Å². The first kappa shape index (κ1) is 15.7. The molecule has 2 aliphatic heterocycles. The number of benzene rings is 1. The lowest BCUT2D eigenvalue weighted by molar-refractivity contribution is -0.142. The number of rotatable bonds is 2. The highest BCUT2D eigenvalue weighted by Crippen LogP contribution is 2.34. The lowest BCUT2D eigenvalue weighted by Gasteiger charge is -2.38. The first-order valence-corrected chi connectivity index (χ1v) is 8.83. The zero-order valence-corrected chi connectivity index (χ0v) is 14.3. The molecule has 2 heterocycles. The molecule has 128 valence electrons. The Morgan fingerprint density at radius 1 is 1.21 bits per heavy atom. The summed E-state index contributed by atoms with van der Waals surface area (Å²) in [6, 6.07) is 8.21. The number of nitrogens with zero attached hydrogens (tertiary/aromatic N) is 2. The zero-order valence-electron chi connectivity index (χ0n) is 13.4. The van der Waals surface area contributed by atoms with E-state index in [0.717, 1.165) is 18.5 Å². The van der Waals surface area contributed by atoms with Crippen LogP contribution in [0.3, 0.4) is 0 Å². The molecule has 24 heavy (non-hydrogen) atoms. The van der Waals surface area contributed by atoms with Crippen LogP contribution in [-0.2, 0) is 9.53 Å². The van der Waals surface area contributed by atoms with E-state index >= 15 is 0 Å². The van der Waals surface area contributed by atoms with Gasteiger partial charge in [0.1, 0.15) is 5.75 Å². The van der Waals surface area contributed by atoms with Crippen LogP contribution in [0.1, 0.15) is 12.8 Å². The molecule has 0 unspecified atom stereocenters. The average molecular weight is 347 g/mol. The third kappa shape index (κ3) is 3.18. The number of thiocarbonyl (C=S) groups is 1. The smallest absolute Gasteiger partial charge is 0.265 e. The van der Waals surface area contributed by atoms with Crippen LogP contribution in [0.15, 0.2) is 24.3 Å². The van der Waals surface area contributed by atoms with E-state index in [0.29, 0.717) is 49.8 Å². The molecule has 6 nitrogen and oxygen atoms in total. The molecule has 7 heteroatoms. The minimum Gasteiger partial charge on any atom is -0.476 e. The quantitative estimate of drug-likeness (QED) is 0.810. The van der Waals surface area contributed by atoms with Crippen LogP contribution < -0.4 is 15.0 Å². The maximum atomic E-state index is 12.8. The van der Waals surface area contributed by atoms with E-state index in [9.17, 15) is 4.79 Å². The maximum Gasteiger partial charge on any atom is 0.265 e. The van der Waals surface area contributed by atoms with Gasteiger partial charge in [-0.3, -0.25) is 4.79 Å². The Morgan fingerprint density at radius 2 is 1.96 bits per heavy atom. The van der Waals surface area contributed by atoms with Crippen molar-refractivity contribution in [3.63, 3.8) is 0 Å². The normalized spacial score (nSPS) is 23.2. The van der Waals surface area contributed by atoms with E-state index in [4.69, 9.17) is 21.7 Å². The molecule has 0 spiro atoms. The molecule has 1 N–H and O–H groups in total. The summed E-state index contributed by atoms with van der Waals surface area (Å²) in [6.07, 6.45) is 1.77. The molecule has 0 bridgehead atoms. The Labute approximate surface area is 146 Å². The highest BCUT2D eigenvalue weighted by molar-refractivity contribution is 7.80. The van der Waals surface area contributed by atoms with Gasteiger partial charge in [-0.05, 0) is 37.2 Å². The average Bonchev–Trinajstić information content (AvgIpc) is 3.44. The maximum absolute atomic E-state index is 12.8. The summed E-state index contributed by atoms with van der Waals surface area (Å²) < 4.78 is 11.3. The van der Waals surface area contributed by atoms with Crippen molar-refractivity contribution in [1.82, 2.24) is 10.2 Å². The van der Waals surface area contributed by atoms with Crippen molar-refractivity contribution in [2.45, 2.75) is 25.0 Å². The van der Waals surface area contributed by atoms with Gasteiger partial charge in [0.05, 0.1) is 25.4 Å². The van der Waals surface area contributed by atoms with Crippen LogP contribution in [0.2, 0.25) is 0 Å². The summed E-state index contributed by atoms with van der Waals surface area (Å²) in [5.74, 6) is 0.710. The Kier molecular flexibility index (Phi) is 4.28. The highest BCUT2D eigenvalue weighted by atomic mass is 32.1. The molecule has 2 fully saturated rings. The van der Waals surface area contributed by atoms with Crippen molar-refractivity contribution >= 4 is 28.9 Å². The predicted molar refractivity (Wildman–Crippen MR) is 94.4 cm³/mol. The molecule has 1 aromatic rings. The number of para-hydroxylation sites is 2. The van der Waals surface area contributed by atoms with Crippen LogP contribution >= 0.6 is 12.2 Å². The fourth-order valence-electron chi connectivity index (χ4n) is 3.02.